The number of benzene rings is 1. The first kappa shape index (κ1) is 9.93. The van der Waals surface area contributed by atoms with Gasteiger partial charge >= 0.3 is 5.97 Å². The first-order valence-electron chi connectivity index (χ1n) is 4.94. The summed E-state index contributed by atoms with van der Waals surface area (Å²) in [6, 6.07) is 7.47. The van der Waals surface area contributed by atoms with Crippen molar-refractivity contribution in [1.29, 1.82) is 0 Å². The maximum absolute atomic E-state index is 10.7. The second-order valence-electron chi connectivity index (χ2n) is 3.69. The van der Waals surface area contributed by atoms with Crippen LogP contribution >= 0.6 is 0 Å². The minimum Gasteiger partial charge on any atom is -0.480 e. The van der Waals surface area contributed by atoms with Gasteiger partial charge in [0, 0.05) is 0 Å². The molecule has 3 nitrogen and oxygen atoms in total. The Bertz CT molecular complexity index is 412. The van der Waals surface area contributed by atoms with Crippen molar-refractivity contribution in [2.24, 2.45) is 0 Å². The van der Waals surface area contributed by atoms with Crippen LogP contribution in [0.2, 0.25) is 0 Å². The van der Waals surface area contributed by atoms with Crippen molar-refractivity contribution in [3.63, 3.8) is 0 Å². The second kappa shape index (κ2) is 3.87. The lowest BCUT2D eigenvalue weighted by atomic mass is 10.1. The molecular weight excluding hydrogens is 190 g/mol. The van der Waals surface area contributed by atoms with E-state index in [1.54, 1.807) is 6.92 Å². The Kier molecular flexibility index (Phi) is 2.56. The average Bonchev–Trinajstić information content (AvgIpc) is 2.62. The van der Waals surface area contributed by atoms with Crippen molar-refractivity contribution < 1.29 is 9.90 Å². The Balaban J connectivity index is 2.15. The molecule has 0 aromatic heterocycles. The summed E-state index contributed by atoms with van der Waals surface area (Å²) in [6.07, 6.45) is 4.01. The summed E-state index contributed by atoms with van der Waals surface area (Å²) in [6.45, 7) is 1.65. The Morgan fingerprint density at radius 3 is 2.93 bits per heavy atom. The maximum Gasteiger partial charge on any atom is 0.320 e. The molecule has 0 aliphatic heterocycles. The van der Waals surface area contributed by atoms with E-state index >= 15 is 0 Å². The number of carboxylic acids is 1. The van der Waals surface area contributed by atoms with E-state index in [9.17, 15) is 4.79 Å². The predicted octanol–water partition coefficient (Wildman–Crippen LogP) is 1.82. The zero-order chi connectivity index (χ0) is 10.8. The van der Waals surface area contributed by atoms with Crippen LogP contribution < -0.4 is 5.32 Å². The number of nitrogens with one attached hydrogen (secondary N) is 1. The Morgan fingerprint density at radius 2 is 2.20 bits per heavy atom. The monoisotopic (exact) mass is 203 g/mol. The fourth-order valence-electron chi connectivity index (χ4n) is 1.74. The SMILES string of the molecule is C[C@H](N[C@@H]1C=Cc2ccccc21)C(=O)O. The Morgan fingerprint density at radius 1 is 1.47 bits per heavy atom. The van der Waals surface area contributed by atoms with Gasteiger partial charge in [0.25, 0.3) is 0 Å². The predicted molar refractivity (Wildman–Crippen MR) is 58.5 cm³/mol. The lowest BCUT2D eigenvalue weighted by Crippen LogP contribution is -2.35. The summed E-state index contributed by atoms with van der Waals surface area (Å²) in [5, 5.41) is 11.9. The van der Waals surface area contributed by atoms with Gasteiger partial charge in [-0.2, -0.15) is 0 Å². The van der Waals surface area contributed by atoms with Crippen LogP contribution in [0.15, 0.2) is 30.3 Å². The van der Waals surface area contributed by atoms with Crippen molar-refractivity contribution >= 4 is 12.0 Å². The van der Waals surface area contributed by atoms with E-state index in [2.05, 4.69) is 5.32 Å². The maximum atomic E-state index is 10.7. The molecule has 0 saturated heterocycles. The second-order valence-corrected chi connectivity index (χ2v) is 3.69. The van der Waals surface area contributed by atoms with Gasteiger partial charge in [-0.15, -0.1) is 0 Å². The van der Waals surface area contributed by atoms with Gasteiger partial charge in [-0.05, 0) is 18.1 Å². The molecule has 3 heteroatoms. The first-order chi connectivity index (χ1) is 7.18. The molecule has 1 aliphatic rings. The Hall–Kier alpha value is -1.61. The third kappa shape index (κ3) is 1.92. The number of aliphatic carboxylic acids is 1. The molecule has 1 aliphatic carbocycles. The molecule has 78 valence electrons. The normalized spacial score (nSPS) is 19.9. The minimum atomic E-state index is -0.826. The van der Waals surface area contributed by atoms with Crippen molar-refractivity contribution in [3.8, 4) is 0 Å². The Labute approximate surface area is 88.4 Å². The standard InChI is InChI=1S/C12H13NO2/c1-8(12(14)15)13-11-7-6-9-4-2-3-5-10(9)11/h2-8,11,13H,1H3,(H,14,15)/t8-,11+/m0/s1. The topological polar surface area (TPSA) is 49.3 Å². The number of rotatable bonds is 3. The molecule has 15 heavy (non-hydrogen) atoms. The van der Waals surface area contributed by atoms with Crippen molar-refractivity contribution in [2.75, 3.05) is 0 Å². The van der Waals surface area contributed by atoms with E-state index in [0.29, 0.717) is 0 Å². The van der Waals surface area contributed by atoms with Gasteiger partial charge in [-0.1, -0.05) is 36.4 Å². The van der Waals surface area contributed by atoms with Crippen LogP contribution in [0.1, 0.15) is 24.1 Å². The molecule has 0 unspecified atom stereocenters. The zero-order valence-electron chi connectivity index (χ0n) is 8.47. The number of hydrogen-bond acceptors (Lipinski definition) is 2. The van der Waals surface area contributed by atoms with Crippen molar-refractivity contribution in [2.45, 2.75) is 19.0 Å². The van der Waals surface area contributed by atoms with E-state index in [-0.39, 0.29) is 6.04 Å². The molecule has 2 rings (SSSR count). The fraction of sp³-hybridized carbons (Fsp3) is 0.250. The average molecular weight is 203 g/mol. The third-order valence-electron chi connectivity index (χ3n) is 2.60. The summed E-state index contributed by atoms with van der Waals surface area (Å²) in [5.41, 5.74) is 2.30. The fourth-order valence-corrected chi connectivity index (χ4v) is 1.74. The van der Waals surface area contributed by atoms with Crippen LogP contribution in [0.3, 0.4) is 0 Å². The number of fused-ring (bicyclic) bond motifs is 1. The van der Waals surface area contributed by atoms with Crippen LogP contribution in [0.5, 0.6) is 0 Å². The molecule has 0 amide bonds. The van der Waals surface area contributed by atoms with E-state index in [1.165, 1.54) is 0 Å². The van der Waals surface area contributed by atoms with Crippen LogP contribution in [-0.2, 0) is 4.79 Å². The number of carboxylic acid groups (broad SMARTS) is 1. The van der Waals surface area contributed by atoms with Crippen LogP contribution in [0.4, 0.5) is 0 Å². The summed E-state index contributed by atoms with van der Waals surface area (Å²) >= 11 is 0. The molecule has 0 bridgehead atoms. The van der Waals surface area contributed by atoms with Gasteiger partial charge in [0.2, 0.25) is 0 Å². The van der Waals surface area contributed by atoms with Gasteiger partial charge in [0.05, 0.1) is 6.04 Å². The molecule has 2 atom stereocenters. The minimum absolute atomic E-state index is 0.0206. The van der Waals surface area contributed by atoms with Crippen LogP contribution in [0.25, 0.3) is 6.08 Å². The van der Waals surface area contributed by atoms with Crippen molar-refractivity contribution in [1.82, 2.24) is 5.32 Å². The highest BCUT2D eigenvalue weighted by Gasteiger charge is 2.20. The highest BCUT2D eigenvalue weighted by Crippen LogP contribution is 2.27. The molecule has 1 aromatic rings. The molecule has 2 N–H and O–H groups in total. The summed E-state index contributed by atoms with van der Waals surface area (Å²) < 4.78 is 0. The van der Waals surface area contributed by atoms with Gasteiger partial charge in [-0.3, -0.25) is 10.1 Å². The quantitative estimate of drug-likeness (QED) is 0.787. The zero-order valence-corrected chi connectivity index (χ0v) is 8.47. The molecule has 0 saturated carbocycles. The number of hydrogen-bond donors (Lipinski definition) is 2. The van der Waals surface area contributed by atoms with Gasteiger partial charge in [-0.25, -0.2) is 0 Å². The van der Waals surface area contributed by atoms with Crippen molar-refractivity contribution in [3.05, 3.63) is 41.5 Å². The lowest BCUT2D eigenvalue weighted by Gasteiger charge is -2.16. The van der Waals surface area contributed by atoms with Gasteiger partial charge in [0.15, 0.2) is 0 Å². The summed E-state index contributed by atoms with van der Waals surface area (Å²) in [5.74, 6) is -0.826. The summed E-state index contributed by atoms with van der Waals surface area (Å²) in [7, 11) is 0. The van der Waals surface area contributed by atoms with E-state index in [4.69, 9.17) is 5.11 Å². The molecule has 0 spiro atoms. The van der Waals surface area contributed by atoms with E-state index < -0.39 is 12.0 Å². The molecule has 0 fully saturated rings. The van der Waals surface area contributed by atoms with E-state index in [1.807, 2.05) is 36.4 Å². The highest BCUT2D eigenvalue weighted by atomic mass is 16.4. The number of carbonyl (C=O) groups is 1. The summed E-state index contributed by atoms with van der Waals surface area (Å²) in [4.78, 5) is 10.7. The van der Waals surface area contributed by atoms with Crippen LogP contribution in [0, 0.1) is 0 Å². The smallest absolute Gasteiger partial charge is 0.320 e. The first-order valence-corrected chi connectivity index (χ1v) is 4.94. The highest BCUT2D eigenvalue weighted by molar-refractivity contribution is 5.73. The molecule has 0 heterocycles. The third-order valence-corrected chi connectivity index (χ3v) is 2.60. The van der Waals surface area contributed by atoms with E-state index in [0.717, 1.165) is 11.1 Å². The lowest BCUT2D eigenvalue weighted by molar-refractivity contribution is -0.139. The molecule has 1 aromatic carbocycles. The molecular formula is C12H13NO2. The molecule has 0 radical (unpaired) electrons. The largest absolute Gasteiger partial charge is 0.480 e. The van der Waals surface area contributed by atoms with Gasteiger partial charge < -0.3 is 5.11 Å². The van der Waals surface area contributed by atoms with Crippen LogP contribution in [-0.4, -0.2) is 17.1 Å². The van der Waals surface area contributed by atoms with Gasteiger partial charge in [0.1, 0.15) is 6.04 Å².